The van der Waals surface area contributed by atoms with Crippen LogP contribution in [0.2, 0.25) is 0 Å². The van der Waals surface area contributed by atoms with Gasteiger partial charge in [-0.3, -0.25) is 9.58 Å². The highest BCUT2D eigenvalue weighted by Gasteiger charge is 2.22. The van der Waals surface area contributed by atoms with Gasteiger partial charge >= 0.3 is 0 Å². The summed E-state index contributed by atoms with van der Waals surface area (Å²) in [4.78, 5) is 11.3. The van der Waals surface area contributed by atoms with Crippen molar-refractivity contribution in [2.75, 3.05) is 12.4 Å². The van der Waals surface area contributed by atoms with E-state index in [0.717, 1.165) is 34.0 Å². The zero-order chi connectivity index (χ0) is 24.9. The molecule has 0 unspecified atom stereocenters. The van der Waals surface area contributed by atoms with Crippen LogP contribution in [0.1, 0.15) is 29.2 Å². The predicted molar refractivity (Wildman–Crippen MR) is 139 cm³/mol. The molecule has 0 aliphatic heterocycles. The summed E-state index contributed by atoms with van der Waals surface area (Å²) in [6.45, 7) is 5.61. The summed E-state index contributed by atoms with van der Waals surface area (Å²) in [5, 5.41) is 4.66. The highest BCUT2D eigenvalue weighted by atomic mass is 35.5. The van der Waals surface area contributed by atoms with Crippen molar-refractivity contribution in [1.29, 1.82) is 0 Å². The van der Waals surface area contributed by atoms with Crippen molar-refractivity contribution in [2.45, 2.75) is 33.0 Å². The number of nitrogens with zero attached hydrogens (tertiary/aromatic N) is 5. The van der Waals surface area contributed by atoms with E-state index in [-0.39, 0.29) is 6.04 Å². The molecule has 8 heteroatoms. The molecule has 7 nitrogen and oxygen atoms in total. The van der Waals surface area contributed by atoms with E-state index < -0.39 is 0 Å². The molecule has 3 heterocycles. The molecule has 0 saturated heterocycles. The average molecular weight is 502 g/mol. The topological polar surface area (TPSA) is 73.1 Å². The van der Waals surface area contributed by atoms with Crippen LogP contribution in [-0.4, -0.2) is 37.1 Å². The Labute approximate surface area is 215 Å². The van der Waals surface area contributed by atoms with Crippen LogP contribution >= 0.6 is 11.6 Å². The summed E-state index contributed by atoms with van der Waals surface area (Å²) in [6, 6.07) is 21.9. The number of alkyl halides is 1. The second-order valence-corrected chi connectivity index (χ2v) is 9.13. The Morgan fingerprint density at radius 1 is 0.833 bits per heavy atom. The quantitative estimate of drug-likeness (QED) is 0.209. The molecule has 0 fully saturated rings. The van der Waals surface area contributed by atoms with Crippen LogP contribution in [-0.2, 0) is 13.1 Å². The summed E-state index contributed by atoms with van der Waals surface area (Å²) in [5.74, 6) is 3.12. The van der Waals surface area contributed by atoms with Crippen molar-refractivity contribution in [2.24, 2.45) is 0 Å². The summed E-state index contributed by atoms with van der Waals surface area (Å²) in [5.41, 5.74) is 4.02. The lowest BCUT2D eigenvalue weighted by Gasteiger charge is -2.25. The molecule has 1 atom stereocenters. The maximum atomic E-state index is 6.44. The Morgan fingerprint density at radius 3 is 1.81 bits per heavy atom. The number of halogens is 1. The first-order valence-corrected chi connectivity index (χ1v) is 12.4. The van der Waals surface area contributed by atoms with Crippen molar-refractivity contribution in [3.05, 3.63) is 102 Å². The molecular weight excluding hydrogens is 474 g/mol. The van der Waals surface area contributed by atoms with E-state index in [1.54, 1.807) is 12.4 Å². The van der Waals surface area contributed by atoms with Crippen LogP contribution in [0.4, 0.5) is 0 Å². The van der Waals surface area contributed by atoms with E-state index in [1.807, 2.05) is 79.2 Å². The van der Waals surface area contributed by atoms with Crippen molar-refractivity contribution >= 4 is 11.6 Å². The minimum Gasteiger partial charge on any atom is -0.439 e. The molecule has 2 aromatic carbocycles. The van der Waals surface area contributed by atoms with Gasteiger partial charge in [0.1, 0.15) is 0 Å². The molecule has 36 heavy (non-hydrogen) atoms. The Hall–Kier alpha value is -3.68. The molecule has 0 N–H and O–H groups in total. The largest absolute Gasteiger partial charge is 0.439 e. The highest BCUT2D eigenvalue weighted by Crippen LogP contribution is 2.24. The van der Waals surface area contributed by atoms with Crippen LogP contribution in [0.5, 0.6) is 0 Å². The molecule has 0 bridgehead atoms. The molecular formula is C28H28ClN5O2. The molecule has 0 amide bonds. The molecule has 0 aliphatic rings. The second-order valence-electron chi connectivity index (χ2n) is 8.82. The lowest BCUT2D eigenvalue weighted by molar-refractivity contribution is 0.182. The SMILES string of the molecule is Cc1cc(C)n([C@H](CCl)CN(Cc2ncc(-c3ccccc3)o2)Cc2ncc(-c3ccccc3)o2)n1. The molecule has 184 valence electrons. The first kappa shape index (κ1) is 24.0. The normalized spacial score (nSPS) is 12.3. The van der Waals surface area contributed by atoms with Crippen LogP contribution < -0.4 is 0 Å². The lowest BCUT2D eigenvalue weighted by atomic mass is 10.2. The molecule has 5 aromatic rings. The Balaban J connectivity index is 1.39. The first-order valence-electron chi connectivity index (χ1n) is 11.9. The summed E-state index contributed by atoms with van der Waals surface area (Å²) in [6.07, 6.45) is 3.53. The highest BCUT2D eigenvalue weighted by molar-refractivity contribution is 6.18. The van der Waals surface area contributed by atoms with E-state index in [0.29, 0.717) is 37.3 Å². The maximum absolute atomic E-state index is 6.44. The van der Waals surface area contributed by atoms with Crippen molar-refractivity contribution in [1.82, 2.24) is 24.6 Å². The fourth-order valence-electron chi connectivity index (χ4n) is 4.31. The first-order chi connectivity index (χ1) is 17.6. The zero-order valence-electron chi connectivity index (χ0n) is 20.3. The van der Waals surface area contributed by atoms with Gasteiger partial charge in [0.2, 0.25) is 11.8 Å². The summed E-state index contributed by atoms with van der Waals surface area (Å²) in [7, 11) is 0. The molecule has 0 spiro atoms. The lowest BCUT2D eigenvalue weighted by Crippen LogP contribution is -2.32. The van der Waals surface area contributed by atoms with E-state index in [4.69, 9.17) is 20.4 Å². The third-order valence-corrected chi connectivity index (χ3v) is 6.34. The van der Waals surface area contributed by atoms with Gasteiger partial charge in [0.05, 0.1) is 37.2 Å². The standard InChI is InChI=1S/C28H28ClN5O2/c1-20-13-21(2)34(32-20)24(14-29)17-33(18-27-30-15-25(35-27)22-9-5-3-6-10-22)19-28-31-16-26(36-28)23-11-7-4-8-12-23/h3-13,15-16,24H,14,17-19H2,1-2H3/t24-/m1/s1. The zero-order valence-corrected chi connectivity index (χ0v) is 21.1. The third kappa shape index (κ3) is 5.58. The van der Waals surface area contributed by atoms with Crippen LogP contribution in [0.25, 0.3) is 22.6 Å². The number of aryl methyl sites for hydroxylation is 2. The van der Waals surface area contributed by atoms with E-state index in [9.17, 15) is 0 Å². The monoisotopic (exact) mass is 501 g/mol. The minimum absolute atomic E-state index is 0.0347. The molecule has 0 aliphatic carbocycles. The minimum atomic E-state index is -0.0347. The van der Waals surface area contributed by atoms with Gasteiger partial charge in [0.25, 0.3) is 0 Å². The average Bonchev–Trinajstić information content (AvgIpc) is 3.64. The van der Waals surface area contributed by atoms with Crippen molar-refractivity contribution in [3.8, 4) is 22.6 Å². The van der Waals surface area contributed by atoms with Gasteiger partial charge in [0, 0.05) is 29.2 Å². The van der Waals surface area contributed by atoms with Crippen molar-refractivity contribution < 1.29 is 8.83 Å². The van der Waals surface area contributed by atoms with Gasteiger partial charge in [-0.2, -0.15) is 5.10 Å². The number of rotatable bonds is 10. The number of benzene rings is 2. The van der Waals surface area contributed by atoms with Crippen LogP contribution in [0.15, 0.2) is 88.0 Å². The van der Waals surface area contributed by atoms with Gasteiger partial charge in [-0.1, -0.05) is 60.7 Å². The smallest absolute Gasteiger partial charge is 0.209 e. The van der Waals surface area contributed by atoms with Gasteiger partial charge in [-0.25, -0.2) is 9.97 Å². The summed E-state index contributed by atoms with van der Waals surface area (Å²) < 4.78 is 14.2. The number of hydrogen-bond donors (Lipinski definition) is 0. The fourth-order valence-corrected chi connectivity index (χ4v) is 4.54. The Morgan fingerprint density at radius 2 is 1.36 bits per heavy atom. The maximum Gasteiger partial charge on any atom is 0.209 e. The van der Waals surface area contributed by atoms with Gasteiger partial charge in [-0.15, -0.1) is 11.6 Å². The van der Waals surface area contributed by atoms with E-state index in [2.05, 4.69) is 26.0 Å². The van der Waals surface area contributed by atoms with Crippen LogP contribution in [0, 0.1) is 13.8 Å². The number of hydrogen-bond acceptors (Lipinski definition) is 6. The second kappa shape index (κ2) is 10.9. The van der Waals surface area contributed by atoms with Crippen molar-refractivity contribution in [3.63, 3.8) is 0 Å². The molecule has 3 aromatic heterocycles. The van der Waals surface area contributed by atoms with E-state index >= 15 is 0 Å². The molecule has 0 saturated carbocycles. The Kier molecular flexibility index (Phi) is 7.30. The Bertz CT molecular complexity index is 1310. The van der Waals surface area contributed by atoms with E-state index in [1.165, 1.54) is 0 Å². The molecule has 0 radical (unpaired) electrons. The number of aromatic nitrogens is 4. The van der Waals surface area contributed by atoms with Gasteiger partial charge in [-0.05, 0) is 19.9 Å². The third-order valence-electron chi connectivity index (χ3n) is 5.98. The number of oxazole rings is 2. The van der Waals surface area contributed by atoms with Gasteiger partial charge < -0.3 is 8.83 Å². The fraction of sp³-hybridized carbons (Fsp3) is 0.250. The van der Waals surface area contributed by atoms with Gasteiger partial charge in [0.15, 0.2) is 11.5 Å². The van der Waals surface area contributed by atoms with Crippen LogP contribution in [0.3, 0.4) is 0 Å². The summed E-state index contributed by atoms with van der Waals surface area (Å²) >= 11 is 6.44. The predicted octanol–water partition coefficient (Wildman–Crippen LogP) is 6.29. The molecule has 5 rings (SSSR count).